The van der Waals surface area contributed by atoms with Crippen LogP contribution in [0.4, 0.5) is 0 Å². The second-order valence-electron chi connectivity index (χ2n) is 5.33. The van der Waals surface area contributed by atoms with Gasteiger partial charge in [0.15, 0.2) is 5.96 Å². The topological polar surface area (TPSA) is 72.0 Å². The van der Waals surface area contributed by atoms with Gasteiger partial charge in [-0.3, -0.25) is 9.79 Å². The molecule has 0 saturated heterocycles. The van der Waals surface area contributed by atoms with Crippen LogP contribution in [0.3, 0.4) is 0 Å². The predicted octanol–water partition coefficient (Wildman–Crippen LogP) is 2.48. The highest BCUT2D eigenvalue weighted by atomic mass is 16.5. The van der Waals surface area contributed by atoms with Gasteiger partial charge in [-0.15, -0.1) is 0 Å². The highest BCUT2D eigenvalue weighted by molar-refractivity contribution is 5.79. The molecule has 0 heterocycles. The first-order valence-electron chi connectivity index (χ1n) is 8.91. The van der Waals surface area contributed by atoms with E-state index in [1.54, 1.807) is 0 Å². The molecule has 0 aromatic rings. The summed E-state index contributed by atoms with van der Waals surface area (Å²) in [4.78, 5) is 15.5. The van der Waals surface area contributed by atoms with Gasteiger partial charge in [0.1, 0.15) is 0 Å². The summed E-state index contributed by atoms with van der Waals surface area (Å²) >= 11 is 0. The summed E-state index contributed by atoms with van der Waals surface area (Å²) in [6.45, 7) is 8.30. The quantitative estimate of drug-likeness (QED) is 0.222. The van der Waals surface area contributed by atoms with E-state index >= 15 is 0 Å². The van der Waals surface area contributed by atoms with Gasteiger partial charge in [0, 0.05) is 39.3 Å². The normalized spacial score (nSPS) is 11.3. The van der Waals surface area contributed by atoms with Crippen molar-refractivity contribution in [1.29, 1.82) is 0 Å². The smallest absolute Gasteiger partial charge is 0.305 e. The van der Waals surface area contributed by atoms with Crippen molar-refractivity contribution in [2.75, 3.05) is 40.0 Å². The lowest BCUT2D eigenvalue weighted by atomic mass is 10.1. The molecular weight excluding hydrogens is 294 g/mol. The fourth-order valence-electron chi connectivity index (χ4n) is 2.05. The Morgan fingerprint density at radius 1 is 1.00 bits per heavy atom. The van der Waals surface area contributed by atoms with E-state index in [1.165, 1.54) is 7.11 Å². The molecule has 0 amide bonds. The number of ether oxygens (including phenoxy) is 2. The largest absolute Gasteiger partial charge is 0.469 e. The van der Waals surface area contributed by atoms with Gasteiger partial charge in [0.2, 0.25) is 0 Å². The van der Waals surface area contributed by atoms with E-state index in [9.17, 15) is 4.79 Å². The minimum Gasteiger partial charge on any atom is -0.469 e. The molecule has 0 atom stereocenters. The summed E-state index contributed by atoms with van der Waals surface area (Å²) in [7, 11) is 1.43. The minimum atomic E-state index is -0.119. The number of methoxy groups -OCH3 is 1. The van der Waals surface area contributed by atoms with Crippen molar-refractivity contribution in [1.82, 2.24) is 10.6 Å². The van der Waals surface area contributed by atoms with Crippen molar-refractivity contribution in [3.63, 3.8) is 0 Å². The van der Waals surface area contributed by atoms with E-state index in [1.807, 2.05) is 6.92 Å². The van der Waals surface area contributed by atoms with Gasteiger partial charge >= 0.3 is 5.97 Å². The molecule has 0 fully saturated rings. The molecule has 0 aromatic heterocycles. The van der Waals surface area contributed by atoms with Gasteiger partial charge in [-0.05, 0) is 39.5 Å². The number of rotatable bonds is 14. The molecule has 0 aliphatic rings. The molecule has 6 nitrogen and oxygen atoms in total. The highest BCUT2D eigenvalue weighted by Gasteiger charge is 1.99. The molecule has 2 N–H and O–H groups in total. The van der Waals surface area contributed by atoms with Gasteiger partial charge in [-0.1, -0.05) is 12.8 Å². The number of hydrogen-bond acceptors (Lipinski definition) is 4. The zero-order chi connectivity index (χ0) is 17.2. The molecule has 6 heteroatoms. The first-order chi connectivity index (χ1) is 11.2. The standard InChI is InChI=1S/C17H35N3O3/c1-4-18-17(20-14-10-11-15-23-5-2)19-13-9-7-6-8-12-16(21)22-3/h4-15H2,1-3H3,(H2,18,19,20). The second-order valence-corrected chi connectivity index (χ2v) is 5.33. The molecule has 0 rings (SSSR count). The number of carbonyl (C=O) groups is 1. The van der Waals surface area contributed by atoms with E-state index < -0.39 is 0 Å². The van der Waals surface area contributed by atoms with Crippen LogP contribution in [0.25, 0.3) is 0 Å². The Kier molecular flexibility index (Phi) is 16.1. The fourth-order valence-corrected chi connectivity index (χ4v) is 2.05. The van der Waals surface area contributed by atoms with Crippen molar-refractivity contribution in [3.05, 3.63) is 0 Å². The van der Waals surface area contributed by atoms with Gasteiger partial charge in [0.25, 0.3) is 0 Å². The third-order valence-electron chi connectivity index (χ3n) is 3.34. The Labute approximate surface area is 141 Å². The van der Waals surface area contributed by atoms with Crippen LogP contribution in [-0.4, -0.2) is 51.9 Å². The zero-order valence-electron chi connectivity index (χ0n) is 15.2. The maximum Gasteiger partial charge on any atom is 0.305 e. The lowest BCUT2D eigenvalue weighted by Crippen LogP contribution is -2.37. The summed E-state index contributed by atoms with van der Waals surface area (Å²) < 4.78 is 9.94. The number of esters is 1. The number of hydrogen-bond donors (Lipinski definition) is 2. The predicted molar refractivity (Wildman–Crippen MR) is 94.8 cm³/mol. The van der Waals surface area contributed by atoms with Crippen molar-refractivity contribution >= 4 is 11.9 Å². The third-order valence-corrected chi connectivity index (χ3v) is 3.34. The van der Waals surface area contributed by atoms with Crippen molar-refractivity contribution in [2.45, 2.75) is 58.8 Å². The van der Waals surface area contributed by atoms with Gasteiger partial charge < -0.3 is 20.1 Å². The van der Waals surface area contributed by atoms with E-state index in [0.29, 0.717) is 6.42 Å². The van der Waals surface area contributed by atoms with E-state index in [4.69, 9.17) is 4.74 Å². The SMILES string of the molecule is CCNC(=NCCCCCCC(=O)OC)NCCCCOCC. The van der Waals surface area contributed by atoms with Gasteiger partial charge in [-0.2, -0.15) is 0 Å². The summed E-state index contributed by atoms with van der Waals surface area (Å²) in [5.41, 5.74) is 0. The first kappa shape index (κ1) is 21.7. The lowest BCUT2D eigenvalue weighted by molar-refractivity contribution is -0.140. The molecule has 136 valence electrons. The average molecular weight is 329 g/mol. The molecule has 0 bridgehead atoms. The number of unbranched alkanes of at least 4 members (excludes halogenated alkanes) is 4. The van der Waals surface area contributed by atoms with E-state index in [0.717, 1.165) is 77.3 Å². The molecular formula is C17H35N3O3. The van der Waals surface area contributed by atoms with E-state index in [-0.39, 0.29) is 5.97 Å². The van der Waals surface area contributed by atoms with Crippen LogP contribution in [0.15, 0.2) is 4.99 Å². The molecule has 0 spiro atoms. The average Bonchev–Trinajstić information content (AvgIpc) is 2.56. The number of carbonyl (C=O) groups excluding carboxylic acids is 1. The fraction of sp³-hybridized carbons (Fsp3) is 0.882. The van der Waals surface area contributed by atoms with Crippen LogP contribution in [0.1, 0.15) is 58.8 Å². The number of nitrogens with zero attached hydrogens (tertiary/aromatic N) is 1. The molecule has 0 aliphatic carbocycles. The maximum atomic E-state index is 11.0. The summed E-state index contributed by atoms with van der Waals surface area (Å²) in [6.07, 6.45) is 6.75. The summed E-state index contributed by atoms with van der Waals surface area (Å²) in [5, 5.41) is 6.60. The van der Waals surface area contributed by atoms with Crippen molar-refractivity contribution < 1.29 is 14.3 Å². The Morgan fingerprint density at radius 2 is 1.78 bits per heavy atom. The number of guanidine groups is 1. The molecule has 0 saturated carbocycles. The zero-order valence-corrected chi connectivity index (χ0v) is 15.2. The summed E-state index contributed by atoms with van der Waals surface area (Å²) in [5.74, 6) is 0.768. The Balaban J connectivity index is 3.66. The molecule has 0 unspecified atom stereocenters. The maximum absolute atomic E-state index is 11.0. The second kappa shape index (κ2) is 17.1. The molecule has 0 radical (unpaired) electrons. The minimum absolute atomic E-state index is 0.119. The van der Waals surface area contributed by atoms with E-state index in [2.05, 4.69) is 27.3 Å². The first-order valence-corrected chi connectivity index (χ1v) is 8.91. The third kappa shape index (κ3) is 15.4. The van der Waals surface area contributed by atoms with Crippen LogP contribution in [0.5, 0.6) is 0 Å². The molecule has 23 heavy (non-hydrogen) atoms. The highest BCUT2D eigenvalue weighted by Crippen LogP contribution is 2.03. The van der Waals surface area contributed by atoms with Crippen LogP contribution in [0, 0.1) is 0 Å². The van der Waals surface area contributed by atoms with Crippen molar-refractivity contribution in [3.8, 4) is 0 Å². The van der Waals surface area contributed by atoms with Crippen LogP contribution < -0.4 is 10.6 Å². The molecule has 0 aromatic carbocycles. The summed E-state index contributed by atoms with van der Waals surface area (Å²) in [6, 6.07) is 0. The monoisotopic (exact) mass is 329 g/mol. The Bertz CT molecular complexity index is 309. The van der Waals surface area contributed by atoms with Crippen molar-refractivity contribution in [2.24, 2.45) is 4.99 Å². The van der Waals surface area contributed by atoms with Gasteiger partial charge in [0.05, 0.1) is 7.11 Å². The van der Waals surface area contributed by atoms with Crippen LogP contribution in [0.2, 0.25) is 0 Å². The van der Waals surface area contributed by atoms with Gasteiger partial charge in [-0.25, -0.2) is 0 Å². The van der Waals surface area contributed by atoms with Crippen LogP contribution >= 0.6 is 0 Å². The number of aliphatic imine (C=N–C) groups is 1. The van der Waals surface area contributed by atoms with Crippen LogP contribution in [-0.2, 0) is 14.3 Å². The Morgan fingerprint density at radius 3 is 2.48 bits per heavy atom. The lowest BCUT2D eigenvalue weighted by Gasteiger charge is -2.11. The number of nitrogens with one attached hydrogen (secondary N) is 2. The Hall–Kier alpha value is -1.30. The molecule has 0 aliphatic heterocycles.